The first kappa shape index (κ1) is 11.9. The number of halogens is 1. The lowest BCUT2D eigenvalue weighted by molar-refractivity contribution is -0.118. The molecule has 2 fully saturated rings. The highest BCUT2D eigenvalue weighted by atomic mass is 35.5. The van der Waals surface area contributed by atoms with E-state index >= 15 is 0 Å². The van der Waals surface area contributed by atoms with Crippen LogP contribution in [0.15, 0.2) is 12.1 Å². The van der Waals surface area contributed by atoms with Gasteiger partial charge in [-0.15, -0.1) is 0 Å². The van der Waals surface area contributed by atoms with Gasteiger partial charge in [-0.05, 0) is 36.8 Å². The number of amides is 1. The zero-order valence-corrected chi connectivity index (χ0v) is 11.2. The average molecular weight is 266 g/mol. The van der Waals surface area contributed by atoms with Crippen LogP contribution in [0.25, 0.3) is 0 Å². The minimum atomic E-state index is -0.103. The number of hydrogen-bond donors (Lipinski definition) is 2. The first-order chi connectivity index (χ1) is 8.48. The summed E-state index contributed by atoms with van der Waals surface area (Å²) < 4.78 is 0. The Bertz CT molecular complexity index is 519. The molecule has 0 aromatic carbocycles. The summed E-state index contributed by atoms with van der Waals surface area (Å²) in [7, 11) is 0. The van der Waals surface area contributed by atoms with E-state index in [-0.39, 0.29) is 11.9 Å². The molecule has 0 unspecified atom stereocenters. The van der Waals surface area contributed by atoms with E-state index in [2.05, 4.69) is 22.5 Å². The van der Waals surface area contributed by atoms with Crippen LogP contribution >= 0.6 is 11.6 Å². The van der Waals surface area contributed by atoms with E-state index in [1.54, 1.807) is 6.07 Å². The van der Waals surface area contributed by atoms with Gasteiger partial charge in [0.15, 0.2) is 0 Å². The summed E-state index contributed by atoms with van der Waals surface area (Å²) in [5.74, 6) is 0.543. The summed E-state index contributed by atoms with van der Waals surface area (Å²) in [5.41, 5.74) is 1.25. The maximum Gasteiger partial charge on any atom is 0.242 e. The number of nitrogens with zero attached hydrogens (tertiary/aromatic N) is 1. The highest BCUT2D eigenvalue weighted by Crippen LogP contribution is 2.53. The van der Waals surface area contributed by atoms with Crippen LogP contribution in [0.2, 0.25) is 5.15 Å². The largest absolute Gasteiger partial charge is 0.309 e. The van der Waals surface area contributed by atoms with Crippen molar-refractivity contribution in [2.75, 3.05) is 5.32 Å². The first-order valence-corrected chi connectivity index (χ1v) is 6.56. The molecule has 1 aliphatic heterocycles. The Labute approximate surface area is 111 Å². The molecule has 4 nitrogen and oxygen atoms in total. The number of anilines is 1. The highest BCUT2D eigenvalue weighted by molar-refractivity contribution is 6.29. The van der Waals surface area contributed by atoms with Gasteiger partial charge >= 0.3 is 0 Å². The molecule has 1 aromatic heterocycles. The molecule has 1 aliphatic carbocycles. The van der Waals surface area contributed by atoms with Crippen molar-refractivity contribution in [3.8, 4) is 0 Å². The first-order valence-electron chi connectivity index (χ1n) is 6.18. The van der Waals surface area contributed by atoms with Crippen molar-refractivity contribution in [2.45, 2.75) is 38.8 Å². The van der Waals surface area contributed by atoms with Crippen molar-refractivity contribution >= 4 is 23.3 Å². The molecule has 2 heterocycles. The number of aromatic nitrogens is 1. The molecule has 5 heteroatoms. The maximum atomic E-state index is 12.1. The van der Waals surface area contributed by atoms with E-state index in [0.717, 1.165) is 12.0 Å². The summed E-state index contributed by atoms with van der Waals surface area (Å²) in [4.78, 5) is 16.3. The molecule has 0 bridgehead atoms. The van der Waals surface area contributed by atoms with Gasteiger partial charge in [-0.1, -0.05) is 24.6 Å². The second kappa shape index (κ2) is 3.93. The zero-order valence-electron chi connectivity index (χ0n) is 10.5. The maximum absolute atomic E-state index is 12.1. The van der Waals surface area contributed by atoms with Gasteiger partial charge in [-0.25, -0.2) is 4.98 Å². The standard InChI is InChI=1S/C13H16ClN3O/c1-7-3-4-10(14)16-11(7)17-12(18)8-5-13(2)6-9(13)15-8/h3-4,8-9,15H,5-6H2,1-2H3,(H,16,17,18)/t8-,9+,13-/m0/s1. The second-order valence-electron chi connectivity index (χ2n) is 5.62. The summed E-state index contributed by atoms with van der Waals surface area (Å²) >= 11 is 5.83. The lowest BCUT2D eigenvalue weighted by Gasteiger charge is -2.15. The predicted octanol–water partition coefficient (Wildman–Crippen LogP) is 2.12. The van der Waals surface area contributed by atoms with Gasteiger partial charge in [0.2, 0.25) is 5.91 Å². The Morgan fingerprint density at radius 3 is 3.00 bits per heavy atom. The monoisotopic (exact) mass is 265 g/mol. The van der Waals surface area contributed by atoms with Crippen LogP contribution in [0.4, 0.5) is 5.82 Å². The van der Waals surface area contributed by atoms with Crippen molar-refractivity contribution in [1.82, 2.24) is 10.3 Å². The Kier molecular flexibility index (Phi) is 2.61. The molecule has 96 valence electrons. The lowest BCUT2D eigenvalue weighted by atomic mass is 10.0. The third-order valence-corrected chi connectivity index (χ3v) is 4.26. The van der Waals surface area contributed by atoms with Crippen LogP contribution in [-0.2, 0) is 4.79 Å². The quantitative estimate of drug-likeness (QED) is 0.806. The molecule has 3 atom stereocenters. The predicted molar refractivity (Wildman–Crippen MR) is 70.7 cm³/mol. The van der Waals surface area contributed by atoms with Crippen molar-refractivity contribution in [3.05, 3.63) is 22.8 Å². The van der Waals surface area contributed by atoms with Crippen LogP contribution in [0.1, 0.15) is 25.3 Å². The van der Waals surface area contributed by atoms with Crippen LogP contribution in [0.3, 0.4) is 0 Å². The fourth-order valence-corrected chi connectivity index (χ4v) is 2.81. The topological polar surface area (TPSA) is 54.0 Å². The SMILES string of the molecule is Cc1ccc(Cl)nc1NC(=O)[C@@H]1C[C@@]2(C)C[C@H]2N1. The summed E-state index contributed by atoms with van der Waals surface area (Å²) in [6.07, 6.45) is 2.09. The fraction of sp³-hybridized carbons (Fsp3) is 0.538. The number of nitrogens with one attached hydrogen (secondary N) is 2. The fourth-order valence-electron chi connectivity index (χ4n) is 2.66. The molecule has 1 aromatic rings. The summed E-state index contributed by atoms with van der Waals surface area (Å²) in [6, 6.07) is 3.98. The number of hydrogen-bond acceptors (Lipinski definition) is 3. The van der Waals surface area contributed by atoms with Crippen molar-refractivity contribution in [3.63, 3.8) is 0 Å². The third-order valence-electron chi connectivity index (χ3n) is 4.05. The summed E-state index contributed by atoms with van der Waals surface area (Å²) in [5, 5.41) is 6.60. The van der Waals surface area contributed by atoms with Crippen LogP contribution in [-0.4, -0.2) is 23.0 Å². The number of fused-ring (bicyclic) bond motifs is 1. The van der Waals surface area contributed by atoms with Gasteiger partial charge in [0, 0.05) is 6.04 Å². The van der Waals surface area contributed by atoms with Gasteiger partial charge in [0.1, 0.15) is 11.0 Å². The Hall–Kier alpha value is -1.13. The number of piperidine rings is 1. The zero-order chi connectivity index (χ0) is 12.9. The summed E-state index contributed by atoms with van der Waals surface area (Å²) in [6.45, 7) is 4.13. The molecule has 1 amide bonds. The minimum absolute atomic E-state index is 0.0127. The smallest absolute Gasteiger partial charge is 0.242 e. The van der Waals surface area contributed by atoms with E-state index in [0.29, 0.717) is 22.4 Å². The molecule has 0 radical (unpaired) electrons. The molecule has 1 saturated heterocycles. The third kappa shape index (κ3) is 1.99. The second-order valence-corrected chi connectivity index (χ2v) is 6.01. The van der Waals surface area contributed by atoms with Crippen LogP contribution < -0.4 is 10.6 Å². The van der Waals surface area contributed by atoms with Gasteiger partial charge in [0.05, 0.1) is 6.04 Å². The number of pyridine rings is 1. The normalized spacial score (nSPS) is 33.1. The van der Waals surface area contributed by atoms with Gasteiger partial charge in [0.25, 0.3) is 0 Å². The molecule has 18 heavy (non-hydrogen) atoms. The molecule has 2 N–H and O–H groups in total. The number of aryl methyl sites for hydroxylation is 1. The minimum Gasteiger partial charge on any atom is -0.309 e. The number of carbonyl (C=O) groups is 1. The van der Waals surface area contributed by atoms with E-state index in [4.69, 9.17) is 11.6 Å². The Morgan fingerprint density at radius 1 is 1.56 bits per heavy atom. The van der Waals surface area contributed by atoms with E-state index in [9.17, 15) is 4.79 Å². The van der Waals surface area contributed by atoms with E-state index < -0.39 is 0 Å². The van der Waals surface area contributed by atoms with Crippen molar-refractivity contribution in [1.29, 1.82) is 0 Å². The lowest BCUT2D eigenvalue weighted by Crippen LogP contribution is -2.38. The van der Waals surface area contributed by atoms with Crippen LogP contribution in [0.5, 0.6) is 0 Å². The molecule has 1 saturated carbocycles. The molecular weight excluding hydrogens is 250 g/mol. The Balaban J connectivity index is 1.69. The van der Waals surface area contributed by atoms with E-state index in [1.807, 2.05) is 13.0 Å². The molecule has 2 aliphatic rings. The number of carbonyl (C=O) groups excluding carboxylic acids is 1. The van der Waals surface area contributed by atoms with Gasteiger partial charge in [-0.2, -0.15) is 0 Å². The molecule has 0 spiro atoms. The van der Waals surface area contributed by atoms with Gasteiger partial charge < -0.3 is 10.6 Å². The molecular formula is C13H16ClN3O. The van der Waals surface area contributed by atoms with Crippen molar-refractivity contribution in [2.24, 2.45) is 5.41 Å². The molecule has 3 rings (SSSR count). The number of rotatable bonds is 2. The Morgan fingerprint density at radius 2 is 2.33 bits per heavy atom. The highest BCUT2D eigenvalue weighted by Gasteiger charge is 2.58. The van der Waals surface area contributed by atoms with Crippen molar-refractivity contribution < 1.29 is 4.79 Å². The average Bonchev–Trinajstić information content (AvgIpc) is 2.82. The van der Waals surface area contributed by atoms with E-state index in [1.165, 1.54) is 6.42 Å². The van der Waals surface area contributed by atoms with Gasteiger partial charge in [-0.3, -0.25) is 4.79 Å². The van der Waals surface area contributed by atoms with Crippen LogP contribution in [0, 0.1) is 12.3 Å².